The highest BCUT2D eigenvalue weighted by Gasteiger charge is 2.28. The van der Waals surface area contributed by atoms with Crippen molar-refractivity contribution in [2.75, 3.05) is 9.62 Å². The summed E-state index contributed by atoms with van der Waals surface area (Å²) in [5, 5.41) is 3.09. The van der Waals surface area contributed by atoms with E-state index >= 15 is 0 Å². The number of amides is 1. The van der Waals surface area contributed by atoms with Crippen molar-refractivity contribution in [2.24, 2.45) is 0 Å². The second-order valence-corrected chi connectivity index (χ2v) is 10.3. The molecular formula is C30H30N2O3S. The lowest BCUT2D eigenvalue weighted by Crippen LogP contribution is -2.32. The fourth-order valence-corrected chi connectivity index (χ4v) is 5.73. The van der Waals surface area contributed by atoms with Crippen LogP contribution in [0.3, 0.4) is 0 Å². The van der Waals surface area contributed by atoms with Crippen LogP contribution < -0.4 is 9.62 Å². The Kier molecular flexibility index (Phi) is 7.86. The van der Waals surface area contributed by atoms with Crippen LogP contribution in [0.1, 0.15) is 40.9 Å². The van der Waals surface area contributed by atoms with Gasteiger partial charge in [-0.3, -0.25) is 9.10 Å². The quantitative estimate of drug-likeness (QED) is 0.288. The first kappa shape index (κ1) is 25.2. The van der Waals surface area contributed by atoms with E-state index in [1.807, 2.05) is 62.4 Å². The summed E-state index contributed by atoms with van der Waals surface area (Å²) in [6, 6.07) is 30.5. The molecule has 1 N–H and O–H groups in total. The maximum absolute atomic E-state index is 13.9. The Morgan fingerprint density at radius 1 is 0.722 bits per heavy atom. The summed E-state index contributed by atoms with van der Waals surface area (Å²) >= 11 is 0. The van der Waals surface area contributed by atoms with Gasteiger partial charge in [-0.1, -0.05) is 92.7 Å². The van der Waals surface area contributed by atoms with Crippen molar-refractivity contribution in [1.29, 1.82) is 0 Å². The molecular weight excluding hydrogens is 468 g/mol. The average Bonchev–Trinajstić information content (AvgIpc) is 2.92. The molecule has 6 heteroatoms. The van der Waals surface area contributed by atoms with Crippen molar-refractivity contribution in [3.63, 3.8) is 0 Å². The van der Waals surface area contributed by atoms with Crippen molar-refractivity contribution in [2.45, 2.75) is 38.1 Å². The van der Waals surface area contributed by atoms with Gasteiger partial charge in [0.25, 0.3) is 15.9 Å². The molecule has 0 aromatic heterocycles. The molecule has 5 nitrogen and oxygen atoms in total. The number of hydrogen-bond acceptors (Lipinski definition) is 3. The number of carbonyl (C=O) groups excluding carboxylic acids is 1. The molecule has 0 fully saturated rings. The van der Waals surface area contributed by atoms with Crippen LogP contribution in [0.4, 0.5) is 11.4 Å². The molecule has 36 heavy (non-hydrogen) atoms. The maximum Gasteiger partial charge on any atom is 0.264 e. The Morgan fingerprint density at radius 2 is 1.28 bits per heavy atom. The van der Waals surface area contributed by atoms with Gasteiger partial charge in [0.15, 0.2) is 0 Å². The molecule has 4 aromatic carbocycles. The van der Waals surface area contributed by atoms with E-state index in [1.54, 1.807) is 54.6 Å². The molecule has 0 saturated carbocycles. The Labute approximate surface area is 213 Å². The highest BCUT2D eigenvalue weighted by molar-refractivity contribution is 7.92. The van der Waals surface area contributed by atoms with E-state index in [0.717, 1.165) is 35.2 Å². The van der Waals surface area contributed by atoms with Crippen LogP contribution >= 0.6 is 0 Å². The zero-order chi connectivity index (χ0) is 25.5. The largest absolute Gasteiger partial charge is 0.321 e. The minimum Gasteiger partial charge on any atom is -0.321 e. The molecule has 4 rings (SSSR count). The van der Waals surface area contributed by atoms with E-state index in [2.05, 4.69) is 5.32 Å². The summed E-state index contributed by atoms with van der Waals surface area (Å²) in [6.45, 7) is 4.19. The van der Waals surface area contributed by atoms with Crippen molar-refractivity contribution in [3.05, 3.63) is 125 Å². The smallest absolute Gasteiger partial charge is 0.264 e. The summed E-state index contributed by atoms with van der Waals surface area (Å²) in [4.78, 5) is 13.8. The molecule has 0 bridgehead atoms. The van der Waals surface area contributed by atoms with Crippen LogP contribution in [0.25, 0.3) is 0 Å². The van der Waals surface area contributed by atoms with Gasteiger partial charge >= 0.3 is 0 Å². The van der Waals surface area contributed by atoms with Gasteiger partial charge in [-0.2, -0.15) is 0 Å². The number of rotatable bonds is 9. The van der Waals surface area contributed by atoms with Gasteiger partial charge < -0.3 is 5.32 Å². The van der Waals surface area contributed by atoms with Crippen LogP contribution in [0.2, 0.25) is 0 Å². The fraction of sp³-hybridized carbons (Fsp3) is 0.167. The number of benzene rings is 4. The summed E-state index contributed by atoms with van der Waals surface area (Å²) < 4.78 is 29.0. The zero-order valence-electron chi connectivity index (χ0n) is 20.5. The number of nitrogens with zero attached hydrogens (tertiary/aromatic N) is 1. The first-order valence-electron chi connectivity index (χ1n) is 12.1. The van der Waals surface area contributed by atoms with Crippen molar-refractivity contribution >= 4 is 27.3 Å². The van der Waals surface area contributed by atoms with Crippen LogP contribution in [-0.2, 0) is 29.4 Å². The predicted molar refractivity (Wildman–Crippen MR) is 146 cm³/mol. The van der Waals surface area contributed by atoms with Crippen LogP contribution in [0, 0.1) is 0 Å². The minimum absolute atomic E-state index is 0.0914. The highest BCUT2D eigenvalue weighted by atomic mass is 32.2. The number of sulfonamides is 1. The maximum atomic E-state index is 13.9. The summed E-state index contributed by atoms with van der Waals surface area (Å²) in [6.07, 6.45) is 1.54. The fourth-order valence-electron chi connectivity index (χ4n) is 4.24. The lowest BCUT2D eigenvalue weighted by molar-refractivity contribution is 0.102. The second-order valence-electron chi connectivity index (χ2n) is 8.44. The molecule has 0 aliphatic carbocycles. The zero-order valence-corrected chi connectivity index (χ0v) is 21.3. The molecule has 0 aliphatic rings. The SMILES string of the molecule is CCc1cccc(CC)c1NC(=O)c1ccccc1N(Cc1ccccc1)S(=O)(=O)c1ccccc1. The lowest BCUT2D eigenvalue weighted by Gasteiger charge is -2.27. The average molecular weight is 499 g/mol. The van der Waals surface area contributed by atoms with Gasteiger partial charge in [0.2, 0.25) is 0 Å². The normalized spacial score (nSPS) is 11.2. The summed E-state index contributed by atoms with van der Waals surface area (Å²) in [7, 11) is -3.95. The molecule has 0 spiro atoms. The summed E-state index contributed by atoms with van der Waals surface area (Å²) in [5.74, 6) is -0.345. The number of nitrogens with one attached hydrogen (secondary N) is 1. The molecule has 1 amide bonds. The first-order valence-corrected chi connectivity index (χ1v) is 13.5. The molecule has 0 heterocycles. The van der Waals surface area contributed by atoms with E-state index in [0.29, 0.717) is 11.3 Å². The number of anilines is 2. The first-order chi connectivity index (χ1) is 17.5. The van der Waals surface area contributed by atoms with Crippen LogP contribution in [-0.4, -0.2) is 14.3 Å². The molecule has 184 valence electrons. The molecule has 0 unspecified atom stereocenters. The second kappa shape index (κ2) is 11.2. The number of para-hydroxylation sites is 2. The Morgan fingerprint density at radius 3 is 1.89 bits per heavy atom. The van der Waals surface area contributed by atoms with E-state index in [9.17, 15) is 13.2 Å². The topological polar surface area (TPSA) is 66.5 Å². The van der Waals surface area contributed by atoms with Crippen molar-refractivity contribution < 1.29 is 13.2 Å². The third-order valence-electron chi connectivity index (χ3n) is 6.15. The van der Waals surface area contributed by atoms with E-state index in [1.165, 1.54) is 4.31 Å². The van der Waals surface area contributed by atoms with Crippen LogP contribution in [0.15, 0.2) is 108 Å². The van der Waals surface area contributed by atoms with E-state index in [-0.39, 0.29) is 17.3 Å². The Balaban J connectivity index is 1.81. The molecule has 0 atom stereocenters. The predicted octanol–water partition coefficient (Wildman–Crippen LogP) is 6.46. The molecule has 0 radical (unpaired) electrons. The van der Waals surface area contributed by atoms with Gasteiger partial charge in [-0.05, 0) is 53.8 Å². The van der Waals surface area contributed by atoms with Gasteiger partial charge in [0.1, 0.15) is 0 Å². The molecule has 0 aliphatic heterocycles. The number of aryl methyl sites for hydroxylation is 2. The van der Waals surface area contributed by atoms with Gasteiger partial charge in [0, 0.05) is 5.69 Å². The van der Waals surface area contributed by atoms with E-state index < -0.39 is 10.0 Å². The van der Waals surface area contributed by atoms with Crippen LogP contribution in [0.5, 0.6) is 0 Å². The van der Waals surface area contributed by atoms with Crippen molar-refractivity contribution in [3.8, 4) is 0 Å². The highest BCUT2D eigenvalue weighted by Crippen LogP contribution is 2.31. The monoisotopic (exact) mass is 498 g/mol. The van der Waals surface area contributed by atoms with E-state index in [4.69, 9.17) is 0 Å². The third-order valence-corrected chi connectivity index (χ3v) is 7.93. The van der Waals surface area contributed by atoms with Crippen molar-refractivity contribution in [1.82, 2.24) is 0 Å². The molecule has 0 saturated heterocycles. The van der Waals surface area contributed by atoms with Gasteiger partial charge in [-0.15, -0.1) is 0 Å². The lowest BCUT2D eigenvalue weighted by atomic mass is 10.0. The van der Waals surface area contributed by atoms with Gasteiger partial charge in [-0.25, -0.2) is 8.42 Å². The third kappa shape index (κ3) is 5.34. The number of carbonyl (C=O) groups is 1. The Hall–Kier alpha value is -3.90. The standard InChI is InChI=1S/C30H30N2O3S/c1-3-24-16-13-17-25(4-2)29(24)31-30(33)27-20-11-12-21-28(27)32(22-23-14-7-5-8-15-23)36(34,35)26-18-9-6-10-19-26/h5-21H,3-4,22H2,1-2H3,(H,31,33). The van der Waals surface area contributed by atoms with Gasteiger partial charge in [0.05, 0.1) is 22.7 Å². The Bertz CT molecular complexity index is 1410. The number of hydrogen-bond donors (Lipinski definition) is 1. The molecule has 4 aromatic rings. The minimum atomic E-state index is -3.95. The summed E-state index contributed by atoms with van der Waals surface area (Å²) in [5.41, 5.74) is 4.31.